The Hall–Kier alpha value is -0.580. The van der Waals surface area contributed by atoms with Crippen molar-refractivity contribution < 1.29 is 0 Å². The average Bonchev–Trinajstić information content (AvgIpc) is 2.50. The molecule has 0 radical (unpaired) electrons. The quantitative estimate of drug-likeness (QED) is 0.706. The number of nitrogens with zero attached hydrogens (tertiary/aromatic N) is 3. The third kappa shape index (κ3) is 11.0. The molecule has 0 amide bonds. The maximum absolute atomic E-state index is 3.96. The molecule has 1 rings (SSSR count). The molecule has 0 saturated carbocycles. The van der Waals surface area contributed by atoms with E-state index in [1.165, 1.54) is 65.1 Å². The molecule has 0 aromatic rings. The second-order valence-electron chi connectivity index (χ2n) is 6.27. The average molecular weight is 313 g/mol. The van der Waals surface area contributed by atoms with E-state index in [1.54, 1.807) is 0 Å². The van der Waals surface area contributed by atoms with Gasteiger partial charge in [0.05, 0.1) is 0 Å². The second-order valence-corrected chi connectivity index (χ2v) is 6.27. The van der Waals surface area contributed by atoms with Crippen LogP contribution in [-0.4, -0.2) is 81.2 Å². The Bertz CT molecular complexity index is 254. The molecule has 132 valence electrons. The molecule has 1 saturated heterocycles. The molecule has 0 aromatic heterocycles. The van der Waals surface area contributed by atoms with Crippen LogP contribution in [-0.2, 0) is 0 Å². The van der Waals surface area contributed by atoms with Crippen LogP contribution >= 0.6 is 0 Å². The normalized spacial score (nSPS) is 16.3. The summed E-state index contributed by atoms with van der Waals surface area (Å²) in [5.74, 6) is 0. The Morgan fingerprint density at radius 1 is 0.955 bits per heavy atom. The predicted molar refractivity (Wildman–Crippen MR) is 99.4 cm³/mol. The van der Waals surface area contributed by atoms with E-state index in [4.69, 9.17) is 0 Å². The van der Waals surface area contributed by atoms with Gasteiger partial charge in [-0.1, -0.05) is 27.4 Å². The fourth-order valence-electron chi connectivity index (χ4n) is 2.71. The van der Waals surface area contributed by atoms with Gasteiger partial charge in [0.2, 0.25) is 0 Å². The molecule has 0 unspecified atom stereocenters. The minimum absolute atomic E-state index is 0.996. The van der Waals surface area contributed by atoms with Crippen LogP contribution in [0.15, 0.2) is 12.3 Å². The number of piperazine rings is 1. The summed E-state index contributed by atoms with van der Waals surface area (Å²) in [5.41, 5.74) is 1.12. The SMILES string of the molecule is C=C(CN1CCN(CCC)CC1)NC.CCCN(C)CCC. The van der Waals surface area contributed by atoms with Crippen LogP contribution in [0, 0.1) is 0 Å². The number of nitrogens with one attached hydrogen (secondary N) is 1. The zero-order valence-electron chi connectivity index (χ0n) is 15.8. The third-order valence-electron chi connectivity index (χ3n) is 3.98. The minimum Gasteiger partial charge on any atom is -0.391 e. The summed E-state index contributed by atoms with van der Waals surface area (Å²) in [5, 5.41) is 3.10. The van der Waals surface area contributed by atoms with Gasteiger partial charge in [-0.05, 0) is 45.9 Å². The van der Waals surface area contributed by atoms with Crippen molar-refractivity contribution in [2.24, 2.45) is 0 Å². The first-order valence-corrected chi connectivity index (χ1v) is 9.06. The van der Waals surface area contributed by atoms with Gasteiger partial charge < -0.3 is 15.1 Å². The van der Waals surface area contributed by atoms with E-state index in [-0.39, 0.29) is 0 Å². The first kappa shape index (κ1) is 21.4. The van der Waals surface area contributed by atoms with E-state index in [9.17, 15) is 0 Å². The molecule has 1 fully saturated rings. The second kappa shape index (κ2) is 14.0. The van der Waals surface area contributed by atoms with Crippen LogP contribution in [0.5, 0.6) is 0 Å². The smallest absolute Gasteiger partial charge is 0.0376 e. The van der Waals surface area contributed by atoms with Gasteiger partial charge in [-0.15, -0.1) is 0 Å². The van der Waals surface area contributed by atoms with Gasteiger partial charge in [0.1, 0.15) is 0 Å². The fraction of sp³-hybridized carbons (Fsp3) is 0.889. The molecule has 0 bridgehead atoms. The van der Waals surface area contributed by atoms with Crippen LogP contribution in [0.2, 0.25) is 0 Å². The summed E-state index contributed by atoms with van der Waals surface area (Å²) in [4.78, 5) is 7.36. The van der Waals surface area contributed by atoms with Gasteiger partial charge in [-0.2, -0.15) is 0 Å². The zero-order chi connectivity index (χ0) is 16.8. The van der Waals surface area contributed by atoms with Crippen molar-refractivity contribution >= 4 is 0 Å². The Morgan fingerprint density at radius 2 is 1.45 bits per heavy atom. The van der Waals surface area contributed by atoms with Gasteiger partial charge in [0.25, 0.3) is 0 Å². The molecule has 0 atom stereocenters. The van der Waals surface area contributed by atoms with E-state index in [0.717, 1.165) is 12.2 Å². The van der Waals surface area contributed by atoms with Crippen LogP contribution in [0.4, 0.5) is 0 Å². The van der Waals surface area contributed by atoms with Crippen LogP contribution in [0.3, 0.4) is 0 Å². The molecule has 1 N–H and O–H groups in total. The molecular formula is C18H40N4. The standard InChI is InChI=1S/C11H23N3.C7H17N/c1-4-5-13-6-8-14(9-7-13)10-11(2)12-3;1-4-6-8(3)7-5-2/h12H,2,4-10H2,1,3H3;4-7H2,1-3H3. The van der Waals surface area contributed by atoms with Gasteiger partial charge in [-0.3, -0.25) is 4.90 Å². The molecular weight excluding hydrogens is 272 g/mol. The first-order valence-electron chi connectivity index (χ1n) is 9.06. The molecule has 1 aliphatic heterocycles. The highest BCUT2D eigenvalue weighted by molar-refractivity contribution is 4.94. The summed E-state index contributed by atoms with van der Waals surface area (Å²) < 4.78 is 0. The molecule has 0 aliphatic carbocycles. The molecule has 4 heteroatoms. The first-order chi connectivity index (χ1) is 10.6. The summed E-state index contributed by atoms with van der Waals surface area (Å²) in [7, 11) is 4.11. The highest BCUT2D eigenvalue weighted by atomic mass is 15.3. The van der Waals surface area contributed by atoms with Gasteiger partial charge >= 0.3 is 0 Å². The minimum atomic E-state index is 0.996. The monoisotopic (exact) mass is 312 g/mol. The summed E-state index contributed by atoms with van der Waals surface area (Å²) in [6.45, 7) is 20.2. The van der Waals surface area contributed by atoms with Crippen molar-refractivity contribution in [3.8, 4) is 0 Å². The van der Waals surface area contributed by atoms with Gasteiger partial charge in [0, 0.05) is 45.5 Å². The fourth-order valence-corrected chi connectivity index (χ4v) is 2.71. The van der Waals surface area contributed by atoms with Crippen molar-refractivity contribution in [1.82, 2.24) is 20.0 Å². The summed E-state index contributed by atoms with van der Waals surface area (Å²) in [6.07, 6.45) is 3.82. The highest BCUT2D eigenvalue weighted by Crippen LogP contribution is 2.03. The molecule has 22 heavy (non-hydrogen) atoms. The van der Waals surface area contributed by atoms with Crippen molar-refractivity contribution in [3.63, 3.8) is 0 Å². The molecule has 1 heterocycles. The predicted octanol–water partition coefficient (Wildman–Crippen LogP) is 2.49. The Kier molecular flexibility index (Phi) is 13.7. The lowest BCUT2D eigenvalue weighted by Crippen LogP contribution is -2.47. The summed E-state index contributed by atoms with van der Waals surface area (Å²) in [6, 6.07) is 0. The van der Waals surface area contributed by atoms with Gasteiger partial charge in [-0.25, -0.2) is 0 Å². The number of hydrogen-bond donors (Lipinski definition) is 1. The third-order valence-corrected chi connectivity index (χ3v) is 3.98. The largest absolute Gasteiger partial charge is 0.391 e. The van der Waals surface area contributed by atoms with Crippen molar-refractivity contribution in [1.29, 1.82) is 0 Å². The van der Waals surface area contributed by atoms with Crippen molar-refractivity contribution in [3.05, 3.63) is 12.3 Å². The van der Waals surface area contributed by atoms with Crippen LogP contribution in [0.25, 0.3) is 0 Å². The van der Waals surface area contributed by atoms with E-state index in [0.29, 0.717) is 0 Å². The maximum atomic E-state index is 3.96. The number of likely N-dealkylation sites (N-methyl/N-ethyl adjacent to an activating group) is 1. The zero-order valence-corrected chi connectivity index (χ0v) is 15.8. The maximum Gasteiger partial charge on any atom is 0.0376 e. The molecule has 0 aromatic carbocycles. The molecule has 1 aliphatic rings. The lowest BCUT2D eigenvalue weighted by atomic mass is 10.3. The number of rotatable bonds is 9. The topological polar surface area (TPSA) is 21.8 Å². The number of hydrogen-bond acceptors (Lipinski definition) is 4. The Balaban J connectivity index is 0.000000472. The van der Waals surface area contributed by atoms with E-state index < -0.39 is 0 Å². The van der Waals surface area contributed by atoms with Gasteiger partial charge in [0.15, 0.2) is 0 Å². The van der Waals surface area contributed by atoms with Crippen LogP contribution in [0.1, 0.15) is 40.0 Å². The van der Waals surface area contributed by atoms with Crippen LogP contribution < -0.4 is 5.32 Å². The van der Waals surface area contributed by atoms with Crippen molar-refractivity contribution in [2.75, 3.05) is 66.5 Å². The summed E-state index contributed by atoms with van der Waals surface area (Å²) >= 11 is 0. The van der Waals surface area contributed by atoms with E-state index >= 15 is 0 Å². The lowest BCUT2D eigenvalue weighted by Gasteiger charge is -2.34. The molecule has 0 spiro atoms. The molecule has 4 nitrogen and oxygen atoms in total. The Morgan fingerprint density at radius 3 is 1.86 bits per heavy atom. The van der Waals surface area contributed by atoms with Crippen molar-refractivity contribution in [2.45, 2.75) is 40.0 Å². The highest BCUT2D eigenvalue weighted by Gasteiger charge is 2.15. The van der Waals surface area contributed by atoms with E-state index in [1.807, 2.05) is 7.05 Å². The Labute approximate surface area is 139 Å². The van der Waals surface area contributed by atoms with E-state index in [2.05, 4.69) is 54.4 Å². The lowest BCUT2D eigenvalue weighted by molar-refractivity contribution is 0.139.